The van der Waals surface area contributed by atoms with Crippen molar-refractivity contribution in [3.05, 3.63) is 16.8 Å². The van der Waals surface area contributed by atoms with Crippen LogP contribution in [0.1, 0.15) is 51.4 Å². The first-order valence-corrected chi connectivity index (χ1v) is 12.8. The monoisotopic (exact) mass is 442 g/mol. The Hall–Kier alpha value is -1.80. The lowest BCUT2D eigenvalue weighted by Gasteiger charge is -2.56. The second-order valence-electron chi connectivity index (χ2n) is 9.77. The van der Waals surface area contributed by atoms with E-state index < -0.39 is 0 Å². The van der Waals surface area contributed by atoms with Crippen LogP contribution in [0.4, 0.5) is 5.13 Å². The zero-order valence-electron chi connectivity index (χ0n) is 16.9. The molecule has 2 aromatic rings. The van der Waals surface area contributed by atoms with E-state index >= 15 is 0 Å². The van der Waals surface area contributed by atoms with E-state index in [4.69, 9.17) is 0 Å². The first-order valence-electron chi connectivity index (χ1n) is 11.1. The van der Waals surface area contributed by atoms with Crippen LogP contribution < -0.4 is 5.32 Å². The summed E-state index contributed by atoms with van der Waals surface area (Å²) in [5.74, 6) is 2.33. The average molecular weight is 443 g/mol. The van der Waals surface area contributed by atoms with E-state index in [1.807, 2.05) is 21.7 Å². The van der Waals surface area contributed by atoms with Gasteiger partial charge in [0.05, 0.1) is 5.41 Å². The van der Waals surface area contributed by atoms with Gasteiger partial charge < -0.3 is 4.90 Å². The number of aromatic nitrogens is 2. The minimum absolute atomic E-state index is 0.112. The predicted molar refractivity (Wildman–Crippen MR) is 117 cm³/mol. The van der Waals surface area contributed by atoms with Gasteiger partial charge in [0, 0.05) is 17.5 Å². The highest BCUT2D eigenvalue weighted by molar-refractivity contribution is 7.19. The highest BCUT2D eigenvalue weighted by Gasteiger charge is 2.56. The molecule has 0 spiro atoms. The van der Waals surface area contributed by atoms with Crippen LogP contribution >= 0.6 is 22.7 Å². The number of nitrogens with one attached hydrogen (secondary N) is 1. The molecule has 1 saturated heterocycles. The first-order chi connectivity index (χ1) is 14.6. The third kappa shape index (κ3) is 3.11. The lowest BCUT2D eigenvalue weighted by molar-refractivity contribution is -0.160. The second kappa shape index (κ2) is 7.12. The molecule has 7 rings (SSSR count). The van der Waals surface area contributed by atoms with Gasteiger partial charge in [-0.2, -0.15) is 11.3 Å². The minimum atomic E-state index is -0.376. The summed E-state index contributed by atoms with van der Waals surface area (Å²) in [6.07, 6.45) is 8.72. The third-order valence-electron chi connectivity index (χ3n) is 7.73. The number of nitrogens with zero attached hydrogens (tertiary/aromatic N) is 3. The largest absolute Gasteiger partial charge is 0.330 e. The number of amides is 2. The van der Waals surface area contributed by atoms with Crippen LogP contribution in [0.5, 0.6) is 0 Å². The molecular weight excluding hydrogens is 416 g/mol. The maximum absolute atomic E-state index is 13.7. The Morgan fingerprint density at radius 3 is 2.50 bits per heavy atom. The summed E-state index contributed by atoms with van der Waals surface area (Å²) < 4.78 is 0. The number of carbonyl (C=O) groups is 2. The molecule has 0 aromatic carbocycles. The molecule has 0 radical (unpaired) electrons. The Bertz CT molecular complexity index is 934. The van der Waals surface area contributed by atoms with Gasteiger partial charge >= 0.3 is 0 Å². The summed E-state index contributed by atoms with van der Waals surface area (Å²) >= 11 is 3.00. The summed E-state index contributed by atoms with van der Waals surface area (Å²) in [6.45, 7) is 0.703. The number of hydrogen-bond donors (Lipinski definition) is 1. The van der Waals surface area contributed by atoms with E-state index in [-0.39, 0.29) is 23.3 Å². The third-order valence-corrected chi connectivity index (χ3v) is 9.30. The van der Waals surface area contributed by atoms with Crippen molar-refractivity contribution >= 4 is 39.6 Å². The van der Waals surface area contributed by atoms with E-state index in [2.05, 4.69) is 15.5 Å². The van der Waals surface area contributed by atoms with Crippen molar-refractivity contribution in [2.45, 2.75) is 57.4 Å². The lowest BCUT2D eigenvalue weighted by atomic mass is 9.49. The number of carbonyl (C=O) groups excluding carboxylic acids is 2. The Morgan fingerprint density at radius 1 is 1.10 bits per heavy atom. The van der Waals surface area contributed by atoms with E-state index in [0.717, 1.165) is 60.4 Å². The Labute approximate surface area is 184 Å². The van der Waals surface area contributed by atoms with Gasteiger partial charge in [-0.3, -0.25) is 14.9 Å². The average Bonchev–Trinajstić information content (AvgIpc) is 3.47. The molecular formula is C22H26N4O2S2. The van der Waals surface area contributed by atoms with Gasteiger partial charge in [0.15, 0.2) is 0 Å². The van der Waals surface area contributed by atoms with Crippen molar-refractivity contribution in [2.75, 3.05) is 11.9 Å². The van der Waals surface area contributed by atoms with Crippen molar-refractivity contribution < 1.29 is 9.59 Å². The molecule has 5 fully saturated rings. The van der Waals surface area contributed by atoms with Crippen LogP contribution in [0.3, 0.4) is 0 Å². The number of thiophene rings is 1. The van der Waals surface area contributed by atoms with Gasteiger partial charge in [0.2, 0.25) is 16.9 Å². The van der Waals surface area contributed by atoms with Crippen molar-refractivity contribution in [1.82, 2.24) is 15.1 Å². The maximum atomic E-state index is 13.7. The van der Waals surface area contributed by atoms with Crippen LogP contribution in [0.25, 0.3) is 10.6 Å². The lowest BCUT2D eigenvalue weighted by Crippen LogP contribution is -2.56. The molecule has 158 valence electrons. The summed E-state index contributed by atoms with van der Waals surface area (Å²) in [7, 11) is 0. The Morgan fingerprint density at radius 2 is 1.83 bits per heavy atom. The first kappa shape index (κ1) is 18.9. The van der Waals surface area contributed by atoms with Crippen molar-refractivity contribution in [2.24, 2.45) is 23.2 Å². The van der Waals surface area contributed by atoms with E-state index in [0.29, 0.717) is 11.7 Å². The molecule has 2 amide bonds. The molecule has 4 saturated carbocycles. The zero-order chi connectivity index (χ0) is 20.3. The van der Waals surface area contributed by atoms with Gasteiger partial charge in [0.1, 0.15) is 11.0 Å². The molecule has 1 N–H and O–H groups in total. The summed E-state index contributed by atoms with van der Waals surface area (Å²) in [4.78, 5) is 28.7. The number of rotatable bonds is 4. The molecule has 1 atom stereocenters. The smallest absolute Gasteiger partial charge is 0.249 e. The maximum Gasteiger partial charge on any atom is 0.249 e. The highest BCUT2D eigenvalue weighted by Crippen LogP contribution is 2.60. The fraction of sp³-hybridized carbons (Fsp3) is 0.636. The van der Waals surface area contributed by atoms with Crippen LogP contribution in [0, 0.1) is 23.2 Å². The van der Waals surface area contributed by atoms with Crippen LogP contribution in [0.15, 0.2) is 16.8 Å². The van der Waals surface area contributed by atoms with Crippen LogP contribution in [-0.2, 0) is 9.59 Å². The fourth-order valence-corrected chi connectivity index (χ4v) is 8.38. The minimum Gasteiger partial charge on any atom is -0.330 e. The van der Waals surface area contributed by atoms with Gasteiger partial charge in [0.25, 0.3) is 0 Å². The van der Waals surface area contributed by atoms with E-state index in [9.17, 15) is 9.59 Å². The molecule has 4 bridgehead atoms. The van der Waals surface area contributed by atoms with Crippen molar-refractivity contribution in [3.8, 4) is 10.6 Å². The van der Waals surface area contributed by atoms with Crippen LogP contribution in [0.2, 0.25) is 0 Å². The number of anilines is 1. The molecule has 30 heavy (non-hydrogen) atoms. The van der Waals surface area contributed by atoms with Crippen LogP contribution in [-0.4, -0.2) is 39.5 Å². The van der Waals surface area contributed by atoms with Gasteiger partial charge in [-0.05, 0) is 80.6 Å². The molecule has 1 unspecified atom stereocenters. The molecule has 2 aromatic heterocycles. The van der Waals surface area contributed by atoms with E-state index in [1.54, 1.807) is 11.3 Å². The second-order valence-corrected chi connectivity index (χ2v) is 11.5. The predicted octanol–water partition coefficient (Wildman–Crippen LogP) is 4.41. The molecule has 5 aliphatic rings. The fourth-order valence-electron chi connectivity index (χ4n) is 6.92. The van der Waals surface area contributed by atoms with Gasteiger partial charge in [-0.1, -0.05) is 11.3 Å². The van der Waals surface area contributed by atoms with E-state index in [1.165, 1.54) is 30.6 Å². The topological polar surface area (TPSA) is 75.2 Å². The quantitative estimate of drug-likeness (QED) is 0.761. The summed E-state index contributed by atoms with van der Waals surface area (Å²) in [5.41, 5.74) is 0.837. The molecule has 6 nitrogen and oxygen atoms in total. The zero-order valence-corrected chi connectivity index (χ0v) is 18.5. The molecule has 3 heterocycles. The normalized spacial score (nSPS) is 34.5. The van der Waals surface area contributed by atoms with Crippen molar-refractivity contribution in [3.63, 3.8) is 0 Å². The Balaban J connectivity index is 1.18. The van der Waals surface area contributed by atoms with Crippen molar-refractivity contribution in [1.29, 1.82) is 0 Å². The summed E-state index contributed by atoms with van der Waals surface area (Å²) in [5, 5.41) is 16.6. The molecule has 8 heteroatoms. The Kier molecular flexibility index (Phi) is 4.49. The highest BCUT2D eigenvalue weighted by atomic mass is 32.1. The molecule has 1 aliphatic heterocycles. The van der Waals surface area contributed by atoms with Gasteiger partial charge in [-0.15, -0.1) is 10.2 Å². The number of hydrogen-bond acceptors (Lipinski definition) is 6. The standard InChI is InChI=1S/C22H26N4O2S2/c27-18(23-21-25-24-19(30-21)16-3-5-29-12-16)17-2-1-4-26(17)20(28)22-9-13-6-14(10-22)8-15(7-13)11-22/h3,5,12-15,17H,1-2,4,6-11H2,(H,23,25,27). The van der Waals surface area contributed by atoms with Gasteiger partial charge in [-0.25, -0.2) is 0 Å². The number of likely N-dealkylation sites (tertiary alicyclic amines) is 1. The summed E-state index contributed by atoms with van der Waals surface area (Å²) in [6, 6.07) is 1.62. The molecule has 4 aliphatic carbocycles. The SMILES string of the molecule is O=C(Nc1nnc(-c2ccsc2)s1)C1CCCN1C(=O)C12CC3CC(CC(C3)C1)C2.